The van der Waals surface area contributed by atoms with Crippen LogP contribution in [-0.4, -0.2) is 56.5 Å². The topological polar surface area (TPSA) is 97.5 Å². The van der Waals surface area contributed by atoms with Gasteiger partial charge in [0.2, 0.25) is 10.0 Å². The molecule has 0 aromatic rings. The lowest BCUT2D eigenvalue weighted by Crippen LogP contribution is -2.47. The number of sulfone groups is 1. The van der Waals surface area contributed by atoms with Gasteiger partial charge in [0.25, 0.3) is 0 Å². The first-order valence-electron chi connectivity index (χ1n) is 7.23. The maximum Gasteiger partial charge on any atom is 0.218 e. The quantitative estimate of drug-likeness (QED) is 0.790. The summed E-state index contributed by atoms with van der Waals surface area (Å²) in [6, 6.07) is 0.146. The van der Waals surface area contributed by atoms with Crippen molar-refractivity contribution in [1.82, 2.24) is 4.31 Å². The van der Waals surface area contributed by atoms with Gasteiger partial charge in [-0.15, -0.1) is 0 Å². The van der Waals surface area contributed by atoms with Gasteiger partial charge in [-0.2, -0.15) is 4.31 Å². The average Bonchev–Trinajstić information content (AvgIpc) is 2.73. The number of sulfonamides is 1. The highest BCUT2D eigenvalue weighted by Crippen LogP contribution is 2.29. The Morgan fingerprint density at radius 1 is 1.15 bits per heavy atom. The van der Waals surface area contributed by atoms with E-state index in [9.17, 15) is 16.8 Å². The lowest BCUT2D eigenvalue weighted by atomic mass is 9.92. The standard InChI is InChI=1S/C12H24N2O4S2/c1-2-14(11-5-3-10(13)4-6-11)20(17,18)12-7-8-19(15,16)9-12/h10-12H,2-9,13H2,1H3. The summed E-state index contributed by atoms with van der Waals surface area (Å²) in [5.41, 5.74) is 5.86. The Morgan fingerprint density at radius 2 is 1.75 bits per heavy atom. The van der Waals surface area contributed by atoms with E-state index in [1.165, 1.54) is 4.31 Å². The zero-order valence-corrected chi connectivity index (χ0v) is 13.5. The van der Waals surface area contributed by atoms with Crippen molar-refractivity contribution in [3.05, 3.63) is 0 Å². The Balaban J connectivity index is 2.14. The van der Waals surface area contributed by atoms with Gasteiger partial charge in [0.1, 0.15) is 0 Å². The molecule has 118 valence electrons. The Bertz CT molecular complexity index is 536. The molecule has 1 aliphatic carbocycles. The summed E-state index contributed by atoms with van der Waals surface area (Å²) in [5, 5.41) is -0.761. The maximum atomic E-state index is 12.7. The van der Waals surface area contributed by atoms with Crippen LogP contribution in [0.3, 0.4) is 0 Å². The third-order valence-electron chi connectivity index (χ3n) is 4.40. The van der Waals surface area contributed by atoms with Crippen LogP contribution in [0.2, 0.25) is 0 Å². The van der Waals surface area contributed by atoms with Crippen LogP contribution in [0.25, 0.3) is 0 Å². The highest BCUT2D eigenvalue weighted by molar-refractivity contribution is 7.95. The van der Waals surface area contributed by atoms with Gasteiger partial charge in [-0.3, -0.25) is 0 Å². The number of nitrogens with two attached hydrogens (primary N) is 1. The summed E-state index contributed by atoms with van der Waals surface area (Å²) in [4.78, 5) is 0. The molecule has 8 heteroatoms. The van der Waals surface area contributed by atoms with Crippen molar-refractivity contribution in [2.75, 3.05) is 18.1 Å². The third-order valence-corrected chi connectivity index (χ3v) is 8.83. The molecule has 0 aromatic heterocycles. The molecule has 1 unspecified atom stereocenters. The molecule has 1 atom stereocenters. The van der Waals surface area contributed by atoms with Crippen molar-refractivity contribution in [3.8, 4) is 0 Å². The van der Waals surface area contributed by atoms with Crippen LogP contribution in [0, 0.1) is 0 Å². The molecule has 6 nitrogen and oxygen atoms in total. The van der Waals surface area contributed by atoms with E-state index in [1.807, 2.05) is 6.92 Å². The van der Waals surface area contributed by atoms with E-state index < -0.39 is 25.1 Å². The summed E-state index contributed by atoms with van der Waals surface area (Å²) < 4.78 is 49.9. The second-order valence-corrected chi connectivity index (χ2v) is 10.2. The molecule has 0 amide bonds. The van der Waals surface area contributed by atoms with E-state index in [2.05, 4.69) is 0 Å². The summed E-state index contributed by atoms with van der Waals surface area (Å²) >= 11 is 0. The van der Waals surface area contributed by atoms with Crippen LogP contribution >= 0.6 is 0 Å². The predicted octanol–water partition coefficient (Wildman–Crippen LogP) is 0.0951. The second-order valence-electron chi connectivity index (χ2n) is 5.84. The minimum absolute atomic E-state index is 0.00993. The van der Waals surface area contributed by atoms with Crippen molar-refractivity contribution in [3.63, 3.8) is 0 Å². The van der Waals surface area contributed by atoms with Gasteiger partial charge < -0.3 is 5.73 Å². The average molecular weight is 324 g/mol. The molecule has 2 aliphatic rings. The van der Waals surface area contributed by atoms with Crippen molar-refractivity contribution < 1.29 is 16.8 Å². The summed E-state index contributed by atoms with van der Waals surface area (Å²) in [5.74, 6) is -0.234. The van der Waals surface area contributed by atoms with Gasteiger partial charge >= 0.3 is 0 Å². The zero-order chi connectivity index (χ0) is 15.0. The Hall–Kier alpha value is -0.180. The highest BCUT2D eigenvalue weighted by Gasteiger charge is 2.42. The van der Waals surface area contributed by atoms with Crippen molar-refractivity contribution >= 4 is 19.9 Å². The second kappa shape index (κ2) is 5.90. The minimum Gasteiger partial charge on any atom is -0.328 e. The third kappa shape index (κ3) is 3.35. The number of nitrogens with zero attached hydrogens (tertiary/aromatic N) is 1. The molecule has 2 rings (SSSR count). The molecule has 2 fully saturated rings. The Labute approximate surface area is 121 Å². The molecular weight excluding hydrogens is 300 g/mol. The lowest BCUT2D eigenvalue weighted by Gasteiger charge is -2.35. The molecular formula is C12H24N2O4S2. The van der Waals surface area contributed by atoms with Gasteiger partial charge in [-0.05, 0) is 32.1 Å². The van der Waals surface area contributed by atoms with Crippen LogP contribution in [0.4, 0.5) is 0 Å². The molecule has 0 radical (unpaired) electrons. The molecule has 0 spiro atoms. The first-order valence-corrected chi connectivity index (χ1v) is 10.6. The molecule has 0 aromatic carbocycles. The number of rotatable bonds is 4. The number of hydrogen-bond donors (Lipinski definition) is 1. The van der Waals surface area contributed by atoms with Crippen LogP contribution < -0.4 is 5.73 Å². The predicted molar refractivity (Wildman–Crippen MR) is 78.6 cm³/mol. The first-order chi connectivity index (χ1) is 9.26. The van der Waals surface area contributed by atoms with Crippen molar-refractivity contribution in [1.29, 1.82) is 0 Å². The molecule has 1 heterocycles. The fourth-order valence-electron chi connectivity index (χ4n) is 3.22. The van der Waals surface area contributed by atoms with Crippen molar-refractivity contribution in [2.45, 2.75) is 56.4 Å². The van der Waals surface area contributed by atoms with Gasteiger partial charge in [0.15, 0.2) is 9.84 Å². The van der Waals surface area contributed by atoms with Gasteiger partial charge in [0.05, 0.1) is 16.8 Å². The Morgan fingerprint density at radius 3 is 2.20 bits per heavy atom. The van der Waals surface area contributed by atoms with Gasteiger partial charge in [0, 0.05) is 18.6 Å². The summed E-state index contributed by atoms with van der Waals surface area (Å²) in [7, 11) is -6.71. The summed E-state index contributed by atoms with van der Waals surface area (Å²) in [6.07, 6.45) is 3.44. The molecule has 1 saturated heterocycles. The van der Waals surface area contributed by atoms with E-state index in [0.29, 0.717) is 6.54 Å². The largest absolute Gasteiger partial charge is 0.328 e. The van der Waals surface area contributed by atoms with E-state index in [4.69, 9.17) is 5.73 Å². The number of hydrogen-bond acceptors (Lipinski definition) is 5. The summed E-state index contributed by atoms with van der Waals surface area (Å²) in [6.45, 7) is 2.22. The molecule has 0 bridgehead atoms. The monoisotopic (exact) mass is 324 g/mol. The van der Waals surface area contributed by atoms with E-state index in [-0.39, 0.29) is 30.0 Å². The first kappa shape index (κ1) is 16.2. The Kier molecular flexibility index (Phi) is 4.78. The van der Waals surface area contributed by atoms with Crippen LogP contribution in [0.5, 0.6) is 0 Å². The van der Waals surface area contributed by atoms with Crippen LogP contribution in [0.15, 0.2) is 0 Å². The lowest BCUT2D eigenvalue weighted by molar-refractivity contribution is 0.245. The highest BCUT2D eigenvalue weighted by atomic mass is 32.2. The maximum absolute atomic E-state index is 12.7. The van der Waals surface area contributed by atoms with Crippen LogP contribution in [-0.2, 0) is 19.9 Å². The van der Waals surface area contributed by atoms with Gasteiger partial charge in [-0.25, -0.2) is 16.8 Å². The normalized spacial score (nSPS) is 34.5. The minimum atomic E-state index is -3.53. The smallest absolute Gasteiger partial charge is 0.218 e. The zero-order valence-electron chi connectivity index (χ0n) is 11.9. The van der Waals surface area contributed by atoms with Crippen LogP contribution in [0.1, 0.15) is 39.0 Å². The van der Waals surface area contributed by atoms with E-state index >= 15 is 0 Å². The SMILES string of the molecule is CCN(C1CCC(N)CC1)S(=O)(=O)C1CCS(=O)(=O)C1. The molecule has 20 heavy (non-hydrogen) atoms. The van der Waals surface area contributed by atoms with E-state index in [1.54, 1.807) is 0 Å². The molecule has 1 aliphatic heterocycles. The van der Waals surface area contributed by atoms with E-state index in [0.717, 1.165) is 25.7 Å². The fraction of sp³-hybridized carbons (Fsp3) is 1.00. The molecule has 1 saturated carbocycles. The van der Waals surface area contributed by atoms with Gasteiger partial charge in [-0.1, -0.05) is 6.92 Å². The van der Waals surface area contributed by atoms with Crippen molar-refractivity contribution in [2.24, 2.45) is 5.73 Å². The molecule has 2 N–H and O–H groups in total. The fourth-order valence-corrected chi connectivity index (χ4v) is 8.01.